The highest BCUT2D eigenvalue weighted by atomic mass is 15.0. The Morgan fingerprint density at radius 1 is 0.214 bits per heavy atom. The molecule has 14 heteroatoms. The van der Waals surface area contributed by atoms with Gasteiger partial charge in [-0.25, -0.2) is 27.4 Å². The van der Waals surface area contributed by atoms with Crippen LogP contribution in [0, 0.1) is 96.9 Å². The van der Waals surface area contributed by atoms with Crippen molar-refractivity contribution < 1.29 is 32.0 Å². The van der Waals surface area contributed by atoms with E-state index in [1.54, 1.807) is 0 Å². The number of fused-ring (bicyclic) bond motifs is 7. The summed E-state index contributed by atoms with van der Waals surface area (Å²) in [6.07, 6.45) is 36.0. The maximum absolute atomic E-state index is 2.32. The zero-order chi connectivity index (χ0) is 88.9. The highest BCUT2D eigenvalue weighted by Crippen LogP contribution is 2.35. The van der Waals surface area contributed by atoms with Gasteiger partial charge in [0.05, 0.1) is 44.4 Å². The van der Waals surface area contributed by atoms with Crippen LogP contribution in [-0.2, 0) is 49.3 Å². The molecule has 21 rings (SSSR count). The lowest BCUT2D eigenvalue weighted by atomic mass is 10.0. The van der Waals surface area contributed by atoms with Crippen molar-refractivity contribution in [1.29, 1.82) is 0 Å². The van der Waals surface area contributed by atoms with Crippen molar-refractivity contribution in [2.24, 2.45) is 49.3 Å². The molecule has 0 unspecified atom stereocenters. The average Bonchev–Trinajstić information content (AvgIpc) is 1.56. The molecule has 126 heavy (non-hydrogen) atoms. The summed E-state index contributed by atoms with van der Waals surface area (Å²) in [5.41, 5.74) is 45.2. The van der Waals surface area contributed by atoms with E-state index in [1.807, 2.05) is 0 Å². The van der Waals surface area contributed by atoms with E-state index in [0.717, 1.165) is 0 Å². The van der Waals surface area contributed by atoms with Crippen LogP contribution >= 0.6 is 0 Å². The smallest absolute Gasteiger partial charge is 0.229 e. The second-order valence-electron chi connectivity index (χ2n) is 33.6. The summed E-state index contributed by atoms with van der Waals surface area (Å²) in [6.45, 7) is 30.5. The van der Waals surface area contributed by atoms with Crippen molar-refractivity contribution in [1.82, 2.24) is 30.8 Å². The molecule has 0 aliphatic rings. The van der Waals surface area contributed by atoms with Crippen LogP contribution in [0.25, 0.3) is 118 Å². The van der Waals surface area contributed by atoms with Crippen LogP contribution in [0.3, 0.4) is 0 Å². The van der Waals surface area contributed by atoms with E-state index in [1.165, 1.54) is 196 Å². The highest BCUT2D eigenvalue weighted by Gasteiger charge is 2.25. The van der Waals surface area contributed by atoms with Gasteiger partial charge in [-0.15, -0.1) is 0 Å². The third-order valence-electron chi connectivity index (χ3n) is 24.9. The Kier molecular flexibility index (Phi) is 25.5. The van der Waals surface area contributed by atoms with E-state index in [0.29, 0.717) is 0 Å². The fourth-order valence-corrected chi connectivity index (χ4v) is 18.5. The number of nitrogens with zero attached hydrogens (tertiary/aromatic N) is 14. The molecule has 0 atom stereocenters. The van der Waals surface area contributed by atoms with Crippen LogP contribution in [0.5, 0.6) is 0 Å². The average molecular weight is 1660 g/mol. The van der Waals surface area contributed by atoms with Gasteiger partial charge >= 0.3 is 0 Å². The Hall–Kier alpha value is -14.6. The van der Waals surface area contributed by atoms with E-state index in [4.69, 9.17) is 0 Å². The summed E-state index contributed by atoms with van der Waals surface area (Å²) >= 11 is 0. The number of pyridine rings is 14. The van der Waals surface area contributed by atoms with E-state index in [2.05, 4.69) is 551 Å². The molecule has 0 spiro atoms. The van der Waals surface area contributed by atoms with Crippen LogP contribution in [0.1, 0.15) is 78.3 Å². The summed E-state index contributed by atoms with van der Waals surface area (Å²) in [5.74, 6) is 0. The zero-order valence-electron chi connectivity index (χ0n) is 77.1. The predicted molar refractivity (Wildman–Crippen MR) is 514 cm³/mol. The van der Waals surface area contributed by atoms with Crippen LogP contribution in [0.4, 0.5) is 0 Å². The molecule has 0 amide bonds. The van der Waals surface area contributed by atoms with Crippen molar-refractivity contribution in [2.75, 3.05) is 0 Å². The largest absolute Gasteiger partial charge is 0.323 e. The first-order chi connectivity index (χ1) is 60.8. The maximum atomic E-state index is 2.32. The molecule has 21 aromatic rings. The number of rotatable bonds is 7. The second-order valence-corrected chi connectivity index (χ2v) is 33.6. The van der Waals surface area contributed by atoms with Gasteiger partial charge in [0.15, 0.2) is 43.4 Å². The van der Waals surface area contributed by atoms with Gasteiger partial charge in [0.1, 0.15) is 55.0 Å². The third-order valence-corrected chi connectivity index (χ3v) is 24.9. The van der Waals surface area contributed by atoms with Crippen molar-refractivity contribution >= 4 is 38.6 Å². The van der Waals surface area contributed by atoms with Crippen LogP contribution in [0.15, 0.2) is 342 Å². The fraction of sp³-hybridized carbons (Fsp3) is 0.188. The van der Waals surface area contributed by atoms with Crippen LogP contribution in [0.2, 0.25) is 0 Å². The molecular formula is C112H119N14+7. The normalized spacial score (nSPS) is 11.1. The minimum Gasteiger partial charge on any atom is -0.323 e. The molecule has 14 nitrogen and oxygen atoms in total. The lowest BCUT2D eigenvalue weighted by Gasteiger charge is -2.11. The molecule has 0 bridgehead atoms. The second kappa shape index (κ2) is 37.2. The maximum Gasteiger partial charge on any atom is 0.229 e. The lowest BCUT2D eigenvalue weighted by molar-refractivity contribution is -0.660. The van der Waals surface area contributed by atoms with Gasteiger partial charge in [0.2, 0.25) is 39.9 Å². The summed E-state index contributed by atoms with van der Waals surface area (Å²) in [4.78, 5) is 0. The van der Waals surface area contributed by atoms with E-state index >= 15 is 0 Å². The van der Waals surface area contributed by atoms with Gasteiger partial charge in [-0.05, 0) is 304 Å². The zero-order valence-corrected chi connectivity index (χ0v) is 77.1. The molecule has 630 valence electrons. The van der Waals surface area contributed by atoms with Crippen molar-refractivity contribution in [3.63, 3.8) is 0 Å². The molecular weight excluding hydrogens is 1540 g/mol. The molecule has 0 aromatic carbocycles. The standard InChI is InChI=1S/7C16H17N2/c2*1-12-11-14-7-6-10-18(14)13(2)16(12)15-8-4-5-9-17(15)3;2*1-12-11-18-10-6-8-14(18)13(2)16(12)15-7-4-5-9-17(15)3;1-12-7-9-14-10-8-13(2)18(14)16(12)15-6-4-5-11-17(15)3;2*1-12-7-10-18-11-8-13(2)16(18)15(12)14-6-4-5-9-17(14)3/h7*4-11H,1-3H3/q7*+1. The Labute approximate surface area is 742 Å². The van der Waals surface area contributed by atoms with Gasteiger partial charge < -0.3 is 30.8 Å². The first-order valence-electron chi connectivity index (χ1n) is 43.4. The highest BCUT2D eigenvalue weighted by molar-refractivity contribution is 5.84. The number of aryl methyl sites for hydroxylation is 21. The molecule has 0 aliphatic heterocycles. The van der Waals surface area contributed by atoms with Gasteiger partial charge in [-0.2, -0.15) is 4.57 Å². The summed E-state index contributed by atoms with van der Waals surface area (Å²) in [6, 6.07) is 83.2. The summed E-state index contributed by atoms with van der Waals surface area (Å²) in [7, 11) is 14.6. The molecule has 0 N–H and O–H groups in total. The quantitative estimate of drug-likeness (QED) is 0.143. The van der Waals surface area contributed by atoms with E-state index in [-0.39, 0.29) is 0 Å². The predicted octanol–water partition coefficient (Wildman–Crippen LogP) is 21.3. The lowest BCUT2D eigenvalue weighted by Crippen LogP contribution is -2.31. The molecule has 21 aromatic heterocycles. The topological polar surface area (TPSA) is 58.0 Å². The fourth-order valence-electron chi connectivity index (χ4n) is 18.5. The van der Waals surface area contributed by atoms with Gasteiger partial charge in [0, 0.05) is 192 Å². The SMILES string of the molecule is Cc1cc2cccn2c(C)c1-c1cccc[n+]1C.Cc1cc2cccn2c(C)c1-c1cccc[n+]1C.Cc1ccc2ccc(C)n2c1-c1cccc[n+]1C.Cc1ccn2ccc(C)c2c1-c1cccc[n+]1C.Cc1ccn2ccc(C)c2c1-c1cccc[n+]1C.Cc1cn2cccc2c(C)c1-c1cccc[n+]1C.Cc1cn2cccc2c(C)c1-c1cccc[n+]1C. The monoisotopic (exact) mass is 1660 g/mol. The Balaban J connectivity index is 0.000000113. The molecule has 21 heterocycles. The number of aromatic nitrogens is 14. The third kappa shape index (κ3) is 17.3. The molecule has 0 radical (unpaired) electrons. The van der Waals surface area contributed by atoms with Crippen molar-refractivity contribution in [3.8, 4) is 78.9 Å². The molecule has 0 saturated heterocycles. The van der Waals surface area contributed by atoms with Gasteiger partial charge in [-0.1, -0.05) is 6.07 Å². The van der Waals surface area contributed by atoms with E-state index < -0.39 is 0 Å². The Morgan fingerprint density at radius 2 is 0.524 bits per heavy atom. The van der Waals surface area contributed by atoms with Crippen molar-refractivity contribution in [2.45, 2.75) is 96.9 Å². The molecule has 0 fully saturated rings. The summed E-state index contributed by atoms with van der Waals surface area (Å²) in [5, 5.41) is 0. The van der Waals surface area contributed by atoms with Gasteiger partial charge in [0.25, 0.3) is 0 Å². The first kappa shape index (κ1) is 86.3. The minimum absolute atomic E-state index is 1.24. The van der Waals surface area contributed by atoms with Gasteiger partial charge in [-0.3, -0.25) is 0 Å². The Bertz CT molecular complexity index is 6750. The first-order valence-corrected chi connectivity index (χ1v) is 43.4. The molecule has 0 saturated carbocycles. The Morgan fingerprint density at radius 3 is 0.873 bits per heavy atom. The number of hydrogen-bond acceptors (Lipinski definition) is 0. The van der Waals surface area contributed by atoms with Crippen LogP contribution < -0.4 is 32.0 Å². The number of hydrogen-bond donors (Lipinski definition) is 0. The van der Waals surface area contributed by atoms with Crippen LogP contribution in [-0.4, -0.2) is 30.8 Å². The molecule has 0 aliphatic carbocycles. The minimum atomic E-state index is 1.24. The van der Waals surface area contributed by atoms with Crippen molar-refractivity contribution in [3.05, 3.63) is 420 Å². The van der Waals surface area contributed by atoms with E-state index in [9.17, 15) is 0 Å². The summed E-state index contributed by atoms with van der Waals surface area (Å²) < 4.78 is 30.8.